The number of hydrogen-bond acceptors (Lipinski definition) is 0. The van der Waals surface area contributed by atoms with Crippen LogP contribution >= 0.6 is 0 Å². The summed E-state index contributed by atoms with van der Waals surface area (Å²) in [5, 5.41) is 0. The molecule has 6 saturated heterocycles. The molecule has 6 fully saturated rings. The van der Waals surface area contributed by atoms with Gasteiger partial charge in [-0.2, -0.15) is 0 Å². The van der Waals surface area contributed by atoms with Crippen molar-refractivity contribution in [3.8, 4) is 11.8 Å². The van der Waals surface area contributed by atoms with Crippen LogP contribution in [0.2, 0.25) is 0 Å². The number of rotatable bonds is 0. The van der Waals surface area contributed by atoms with E-state index in [4.69, 9.17) is 0 Å². The molecule has 0 aromatic heterocycles. The lowest BCUT2D eigenvalue weighted by Crippen LogP contribution is -3.00. The fraction of sp³-hybridized carbons (Fsp3) is 0.923. The summed E-state index contributed by atoms with van der Waals surface area (Å²) in [6.07, 6.45) is 11.8. The van der Waals surface area contributed by atoms with E-state index >= 15 is 0 Å². The largest absolute Gasteiger partial charge is 1.00 e. The number of nitrogens with zero attached hydrogens (tertiary/aromatic N) is 4. The van der Waals surface area contributed by atoms with Gasteiger partial charge in [0.1, 0.15) is 91.6 Å². The van der Waals surface area contributed by atoms with Gasteiger partial charge in [-0.05, 0) is 37.5 Å². The Morgan fingerprint density at radius 3 is 0.794 bits per heavy atom. The van der Waals surface area contributed by atoms with Crippen molar-refractivity contribution in [1.29, 1.82) is 0 Å². The SMILES string of the molecule is C1#CC[N+]23CC[N+](CCCCCCCCCC[N+]45CC[N+](C1)(CC4)CC5)(CC2)CC3.[Cl-].[Cl-].[Cl-].[Cl-]. The van der Waals surface area contributed by atoms with Gasteiger partial charge in [0.05, 0.1) is 13.1 Å². The first-order chi connectivity index (χ1) is 14.7. The minimum Gasteiger partial charge on any atom is -1.00 e. The molecule has 4 bridgehead atoms. The lowest BCUT2D eigenvalue weighted by Gasteiger charge is -2.55. The highest BCUT2D eigenvalue weighted by Gasteiger charge is 2.49. The number of piperazine rings is 6. The molecule has 34 heavy (non-hydrogen) atoms. The van der Waals surface area contributed by atoms with Crippen molar-refractivity contribution in [3.63, 3.8) is 0 Å². The lowest BCUT2D eigenvalue weighted by molar-refractivity contribution is -1.08. The second-order valence-electron chi connectivity index (χ2n) is 12.0. The van der Waals surface area contributed by atoms with E-state index in [9.17, 15) is 0 Å². The van der Waals surface area contributed by atoms with Crippen molar-refractivity contribution in [2.75, 3.05) is 105 Å². The number of hydrogen-bond donors (Lipinski definition) is 0. The molecule has 0 saturated carbocycles. The average molecular weight is 559 g/mol. The van der Waals surface area contributed by atoms with E-state index in [2.05, 4.69) is 11.8 Å². The molecule has 0 radical (unpaired) electrons. The van der Waals surface area contributed by atoms with Gasteiger partial charge in [0.2, 0.25) is 0 Å². The molecule has 11 rings (SSSR count). The maximum Gasteiger partial charge on any atom is 0.141 e. The van der Waals surface area contributed by atoms with Crippen LogP contribution in [-0.2, 0) is 0 Å². The Bertz CT molecular complexity index is 574. The molecule has 200 valence electrons. The van der Waals surface area contributed by atoms with Crippen LogP contribution in [0.4, 0.5) is 0 Å². The summed E-state index contributed by atoms with van der Waals surface area (Å²) in [7, 11) is 0. The Morgan fingerprint density at radius 2 is 0.500 bits per heavy atom. The minimum atomic E-state index is 0. The summed E-state index contributed by atoms with van der Waals surface area (Å²) < 4.78 is 5.56. The quantitative estimate of drug-likeness (QED) is 0.205. The molecule has 0 aliphatic carbocycles. The standard InChI is InChI=1S/C26H48N4.4ClH/c1-2-4-6-8-12-28-18-24-30(25-19-28,26-20-28)14-10-9-13-29-21-15-27(16-22-29,17-23-29)11-7-5-3-1;;;;/h1-8,11-26H2;4*1H/q+4;;;;/p-4. The van der Waals surface area contributed by atoms with E-state index in [0.717, 1.165) is 13.1 Å². The van der Waals surface area contributed by atoms with Crippen molar-refractivity contribution in [2.24, 2.45) is 0 Å². The van der Waals surface area contributed by atoms with Crippen LogP contribution in [0.3, 0.4) is 0 Å². The van der Waals surface area contributed by atoms with Crippen LogP contribution in [0, 0.1) is 11.8 Å². The van der Waals surface area contributed by atoms with Crippen LogP contribution < -0.4 is 49.6 Å². The van der Waals surface area contributed by atoms with Gasteiger partial charge < -0.3 is 58.6 Å². The second kappa shape index (κ2) is 13.9. The van der Waals surface area contributed by atoms with Gasteiger partial charge in [0.25, 0.3) is 0 Å². The van der Waals surface area contributed by atoms with Crippen molar-refractivity contribution >= 4 is 0 Å². The highest BCUT2D eigenvalue weighted by atomic mass is 35.5. The van der Waals surface area contributed by atoms with E-state index in [0.29, 0.717) is 0 Å². The summed E-state index contributed by atoms with van der Waals surface area (Å²) in [5.41, 5.74) is 0. The van der Waals surface area contributed by atoms with Gasteiger partial charge in [-0.3, -0.25) is 8.97 Å². The van der Waals surface area contributed by atoms with Gasteiger partial charge in [0, 0.05) is 0 Å². The molecular weight excluding hydrogens is 510 g/mol. The fourth-order valence-electron chi connectivity index (χ4n) is 7.43. The molecule has 0 atom stereocenters. The molecular formula is C26H48Cl4N4. The van der Waals surface area contributed by atoms with Crippen LogP contribution in [-0.4, -0.2) is 123 Å². The molecule has 0 spiro atoms. The van der Waals surface area contributed by atoms with Crippen molar-refractivity contribution in [3.05, 3.63) is 0 Å². The molecule has 11 aliphatic rings. The predicted octanol–water partition coefficient (Wildman–Crippen LogP) is -9.54. The van der Waals surface area contributed by atoms with E-state index in [-0.39, 0.29) is 49.6 Å². The van der Waals surface area contributed by atoms with Crippen LogP contribution in [0.15, 0.2) is 0 Å². The Balaban J connectivity index is 0.00000144. The number of quaternary nitrogens is 4. The Morgan fingerprint density at radius 1 is 0.265 bits per heavy atom. The smallest absolute Gasteiger partial charge is 0.141 e. The number of halogens is 4. The Labute approximate surface area is 234 Å². The second-order valence-corrected chi connectivity index (χ2v) is 12.0. The molecule has 11 aliphatic heterocycles. The van der Waals surface area contributed by atoms with Gasteiger partial charge in [-0.1, -0.05) is 25.7 Å². The zero-order chi connectivity index (χ0) is 20.4. The third-order valence-electron chi connectivity index (χ3n) is 10.3. The molecule has 11 heterocycles. The maximum atomic E-state index is 3.71. The minimum absolute atomic E-state index is 0. The average Bonchev–Trinajstić information content (AvgIpc) is 2.80. The molecule has 0 aromatic carbocycles. The monoisotopic (exact) mass is 556 g/mol. The third kappa shape index (κ3) is 7.32. The summed E-state index contributed by atoms with van der Waals surface area (Å²) in [5.74, 6) is 7.43. The predicted molar refractivity (Wildman–Crippen MR) is 124 cm³/mol. The zero-order valence-electron chi connectivity index (χ0n) is 21.3. The molecule has 0 amide bonds. The van der Waals surface area contributed by atoms with Crippen LogP contribution in [0.1, 0.15) is 51.4 Å². The first-order valence-electron chi connectivity index (χ1n) is 13.5. The lowest BCUT2D eigenvalue weighted by atomic mass is 10.0. The summed E-state index contributed by atoms with van der Waals surface area (Å²) in [4.78, 5) is 0. The molecule has 0 aromatic rings. The first-order valence-corrected chi connectivity index (χ1v) is 13.5. The van der Waals surface area contributed by atoms with Crippen molar-refractivity contribution in [2.45, 2.75) is 51.4 Å². The topological polar surface area (TPSA) is 0 Å². The van der Waals surface area contributed by atoms with E-state index < -0.39 is 0 Å². The Kier molecular flexibility index (Phi) is 13.3. The van der Waals surface area contributed by atoms with Crippen LogP contribution in [0.5, 0.6) is 0 Å². The summed E-state index contributed by atoms with van der Waals surface area (Å²) >= 11 is 0. The van der Waals surface area contributed by atoms with Crippen LogP contribution in [0.25, 0.3) is 0 Å². The highest BCUT2D eigenvalue weighted by Crippen LogP contribution is 2.29. The first kappa shape index (κ1) is 32.6. The van der Waals surface area contributed by atoms with Gasteiger partial charge >= 0.3 is 0 Å². The van der Waals surface area contributed by atoms with E-state index in [1.807, 2.05) is 0 Å². The fourth-order valence-corrected chi connectivity index (χ4v) is 7.43. The highest BCUT2D eigenvalue weighted by molar-refractivity contribution is 5.00. The molecule has 4 nitrogen and oxygen atoms in total. The molecule has 0 N–H and O–H groups in total. The summed E-state index contributed by atoms with van der Waals surface area (Å²) in [6, 6.07) is 0. The zero-order valence-corrected chi connectivity index (χ0v) is 24.3. The van der Waals surface area contributed by atoms with Gasteiger partial charge in [-0.15, -0.1) is 0 Å². The summed E-state index contributed by atoms with van der Waals surface area (Å²) in [6.45, 7) is 22.2. The van der Waals surface area contributed by atoms with Crippen molar-refractivity contribution < 1.29 is 67.6 Å². The van der Waals surface area contributed by atoms with Gasteiger partial charge in [-0.25, -0.2) is 0 Å². The maximum absolute atomic E-state index is 3.71. The molecule has 0 unspecified atom stereocenters. The van der Waals surface area contributed by atoms with E-state index in [1.54, 1.807) is 0 Å². The third-order valence-corrected chi connectivity index (χ3v) is 10.3. The molecule has 8 heteroatoms. The normalized spacial score (nSPS) is 40.0. The Hall–Kier alpha value is 0.560. The van der Waals surface area contributed by atoms with E-state index in [1.165, 1.54) is 161 Å². The van der Waals surface area contributed by atoms with Gasteiger partial charge in [0.15, 0.2) is 0 Å². The van der Waals surface area contributed by atoms with Crippen molar-refractivity contribution in [1.82, 2.24) is 0 Å².